The first-order valence-electron chi connectivity index (χ1n) is 9.36. The molecule has 2 heterocycles. The quantitative estimate of drug-likeness (QED) is 0.807. The number of rotatable bonds is 4. The Labute approximate surface area is 167 Å². The fourth-order valence-electron chi connectivity index (χ4n) is 3.86. The van der Waals surface area contributed by atoms with E-state index in [2.05, 4.69) is 26.2 Å². The van der Waals surface area contributed by atoms with Gasteiger partial charge in [0.1, 0.15) is 5.82 Å². The van der Waals surface area contributed by atoms with Crippen LogP contribution in [0.1, 0.15) is 31.2 Å². The number of carbonyl (C=O) groups is 2. The van der Waals surface area contributed by atoms with Crippen molar-refractivity contribution in [3.8, 4) is 0 Å². The molecular formula is C21H22BrN3O2. The number of pyridine rings is 1. The first-order chi connectivity index (χ1) is 13.1. The van der Waals surface area contributed by atoms with E-state index < -0.39 is 0 Å². The summed E-state index contributed by atoms with van der Waals surface area (Å²) in [6.45, 7) is 1.21. The molecular weight excluding hydrogens is 406 g/mol. The van der Waals surface area contributed by atoms with Crippen LogP contribution in [-0.2, 0) is 15.0 Å². The van der Waals surface area contributed by atoms with Crippen molar-refractivity contribution < 1.29 is 9.59 Å². The van der Waals surface area contributed by atoms with E-state index in [-0.39, 0.29) is 23.1 Å². The molecule has 1 N–H and O–H groups in total. The average Bonchev–Trinajstić information content (AvgIpc) is 3.52. The van der Waals surface area contributed by atoms with Gasteiger partial charge >= 0.3 is 0 Å². The van der Waals surface area contributed by atoms with Crippen molar-refractivity contribution in [2.75, 3.05) is 18.4 Å². The standard InChI is InChI=1S/C21H22BrN3O2/c22-17-8-9-18(23-13-17)24-19(26)15-5-4-12-25(14-15)20(27)21(10-11-21)16-6-2-1-3-7-16/h1-3,6-9,13,15H,4-5,10-12,14H2,(H,23,24,26). The van der Waals surface area contributed by atoms with Crippen LogP contribution < -0.4 is 5.32 Å². The van der Waals surface area contributed by atoms with E-state index in [0.29, 0.717) is 12.4 Å². The normalized spacial score (nSPS) is 20.8. The molecule has 1 aliphatic heterocycles. The molecule has 2 amide bonds. The molecule has 1 saturated heterocycles. The number of benzene rings is 1. The molecule has 2 fully saturated rings. The molecule has 0 bridgehead atoms. The summed E-state index contributed by atoms with van der Waals surface area (Å²) in [5, 5.41) is 2.88. The second-order valence-corrected chi connectivity index (χ2v) is 8.31. The second-order valence-electron chi connectivity index (χ2n) is 7.39. The van der Waals surface area contributed by atoms with Crippen molar-refractivity contribution in [2.45, 2.75) is 31.1 Å². The zero-order chi connectivity index (χ0) is 18.9. The van der Waals surface area contributed by atoms with E-state index >= 15 is 0 Å². The number of carbonyl (C=O) groups excluding carboxylic acids is 2. The maximum absolute atomic E-state index is 13.2. The maximum atomic E-state index is 13.2. The van der Waals surface area contributed by atoms with Crippen LogP contribution in [-0.4, -0.2) is 34.8 Å². The summed E-state index contributed by atoms with van der Waals surface area (Å²) < 4.78 is 0.866. The Bertz CT molecular complexity index is 834. The van der Waals surface area contributed by atoms with Gasteiger partial charge in [-0.25, -0.2) is 4.98 Å². The zero-order valence-corrected chi connectivity index (χ0v) is 16.6. The third kappa shape index (κ3) is 3.76. The number of halogens is 1. The molecule has 6 heteroatoms. The van der Waals surface area contributed by atoms with Gasteiger partial charge in [0, 0.05) is 23.8 Å². The Morgan fingerprint density at radius 2 is 1.93 bits per heavy atom. The van der Waals surface area contributed by atoms with Crippen molar-refractivity contribution in [1.82, 2.24) is 9.88 Å². The fraction of sp³-hybridized carbons (Fsp3) is 0.381. The highest BCUT2D eigenvalue weighted by atomic mass is 79.9. The van der Waals surface area contributed by atoms with Crippen LogP contribution in [0, 0.1) is 5.92 Å². The summed E-state index contributed by atoms with van der Waals surface area (Å²) in [7, 11) is 0. The van der Waals surface area contributed by atoms with Gasteiger partial charge < -0.3 is 10.2 Å². The lowest BCUT2D eigenvalue weighted by Gasteiger charge is -2.34. The molecule has 1 unspecified atom stereocenters. The molecule has 5 nitrogen and oxygen atoms in total. The van der Waals surface area contributed by atoms with Crippen LogP contribution in [0.2, 0.25) is 0 Å². The van der Waals surface area contributed by atoms with Crippen LogP contribution in [0.25, 0.3) is 0 Å². The minimum atomic E-state index is -0.368. The number of nitrogens with zero attached hydrogens (tertiary/aromatic N) is 2. The van der Waals surface area contributed by atoms with Crippen molar-refractivity contribution in [1.29, 1.82) is 0 Å². The number of amides is 2. The third-order valence-corrected chi connectivity index (χ3v) is 6.01. The topological polar surface area (TPSA) is 62.3 Å². The largest absolute Gasteiger partial charge is 0.341 e. The van der Waals surface area contributed by atoms with Crippen molar-refractivity contribution in [2.24, 2.45) is 5.92 Å². The van der Waals surface area contributed by atoms with Crippen molar-refractivity contribution in [3.63, 3.8) is 0 Å². The third-order valence-electron chi connectivity index (χ3n) is 5.54. The van der Waals surface area contributed by atoms with Gasteiger partial charge in [0.05, 0.1) is 11.3 Å². The van der Waals surface area contributed by atoms with Gasteiger partial charge in [0.2, 0.25) is 11.8 Å². The van der Waals surface area contributed by atoms with E-state index in [0.717, 1.165) is 42.3 Å². The first kappa shape index (κ1) is 18.2. The van der Waals surface area contributed by atoms with Crippen LogP contribution in [0.15, 0.2) is 53.1 Å². The summed E-state index contributed by atoms with van der Waals surface area (Å²) in [5.74, 6) is 0.453. The highest BCUT2D eigenvalue weighted by molar-refractivity contribution is 9.10. The molecule has 2 aliphatic rings. The lowest BCUT2D eigenvalue weighted by molar-refractivity contribution is -0.137. The average molecular weight is 428 g/mol. The maximum Gasteiger partial charge on any atom is 0.233 e. The summed E-state index contributed by atoms with van der Waals surface area (Å²) in [4.78, 5) is 32.0. The van der Waals surface area contributed by atoms with Crippen LogP contribution in [0.3, 0.4) is 0 Å². The number of hydrogen-bond acceptors (Lipinski definition) is 3. The number of nitrogens with one attached hydrogen (secondary N) is 1. The molecule has 4 rings (SSSR count). The van der Waals surface area contributed by atoms with Gasteiger partial charge in [-0.3, -0.25) is 9.59 Å². The van der Waals surface area contributed by atoms with Gasteiger partial charge in [-0.1, -0.05) is 30.3 Å². The van der Waals surface area contributed by atoms with Gasteiger partial charge in [0.25, 0.3) is 0 Å². The van der Waals surface area contributed by atoms with Gasteiger partial charge in [-0.15, -0.1) is 0 Å². The molecule has 1 aromatic heterocycles. The van der Waals surface area contributed by atoms with Crippen molar-refractivity contribution >= 4 is 33.6 Å². The Hall–Kier alpha value is -2.21. The highest BCUT2D eigenvalue weighted by Crippen LogP contribution is 2.49. The second kappa shape index (κ2) is 7.43. The molecule has 0 spiro atoms. The molecule has 0 radical (unpaired) electrons. The molecule has 1 saturated carbocycles. The minimum absolute atomic E-state index is 0.0631. The Morgan fingerprint density at radius 3 is 2.59 bits per heavy atom. The molecule has 140 valence electrons. The number of piperidine rings is 1. The Kier molecular flexibility index (Phi) is 5.00. The van der Waals surface area contributed by atoms with E-state index in [4.69, 9.17) is 0 Å². The lowest BCUT2D eigenvalue weighted by Crippen LogP contribution is -2.47. The number of hydrogen-bond donors (Lipinski definition) is 1. The van der Waals surface area contributed by atoms with Crippen LogP contribution >= 0.6 is 15.9 Å². The number of likely N-dealkylation sites (tertiary alicyclic amines) is 1. The monoisotopic (exact) mass is 427 g/mol. The molecule has 2 aromatic rings. The number of aromatic nitrogens is 1. The smallest absolute Gasteiger partial charge is 0.233 e. The lowest BCUT2D eigenvalue weighted by atomic mass is 9.91. The van der Waals surface area contributed by atoms with E-state index in [1.807, 2.05) is 41.3 Å². The Balaban J connectivity index is 1.43. The highest BCUT2D eigenvalue weighted by Gasteiger charge is 2.53. The summed E-state index contributed by atoms with van der Waals surface area (Å²) in [6, 6.07) is 13.6. The summed E-state index contributed by atoms with van der Waals surface area (Å²) in [6.07, 6.45) is 5.09. The number of anilines is 1. The van der Waals surface area contributed by atoms with Crippen molar-refractivity contribution in [3.05, 3.63) is 58.7 Å². The van der Waals surface area contributed by atoms with Gasteiger partial charge in [0.15, 0.2) is 0 Å². The van der Waals surface area contributed by atoms with Gasteiger partial charge in [-0.2, -0.15) is 0 Å². The molecule has 1 atom stereocenters. The first-order valence-corrected chi connectivity index (χ1v) is 10.2. The molecule has 1 aliphatic carbocycles. The van der Waals surface area contributed by atoms with Gasteiger partial charge in [-0.05, 0) is 59.3 Å². The van der Waals surface area contributed by atoms with Crippen LogP contribution in [0.4, 0.5) is 5.82 Å². The Morgan fingerprint density at radius 1 is 1.15 bits per heavy atom. The predicted molar refractivity (Wildman–Crippen MR) is 107 cm³/mol. The minimum Gasteiger partial charge on any atom is -0.341 e. The molecule has 27 heavy (non-hydrogen) atoms. The predicted octanol–water partition coefficient (Wildman–Crippen LogP) is 3.75. The zero-order valence-electron chi connectivity index (χ0n) is 15.0. The molecule has 1 aromatic carbocycles. The van der Waals surface area contributed by atoms with Crippen LogP contribution in [0.5, 0.6) is 0 Å². The SMILES string of the molecule is O=C(Nc1ccc(Br)cn1)C1CCCN(C(=O)C2(c3ccccc3)CC2)C1. The summed E-state index contributed by atoms with van der Waals surface area (Å²) >= 11 is 3.34. The fourth-order valence-corrected chi connectivity index (χ4v) is 4.10. The van der Waals surface area contributed by atoms with E-state index in [1.54, 1.807) is 12.3 Å². The summed E-state index contributed by atoms with van der Waals surface area (Å²) in [5.41, 5.74) is 0.730. The van der Waals surface area contributed by atoms with E-state index in [9.17, 15) is 9.59 Å². The van der Waals surface area contributed by atoms with E-state index in [1.165, 1.54) is 0 Å².